The van der Waals surface area contributed by atoms with Crippen molar-refractivity contribution >= 4 is 0 Å². The van der Waals surface area contributed by atoms with Crippen LogP contribution >= 0.6 is 0 Å². The van der Waals surface area contributed by atoms with Crippen molar-refractivity contribution < 1.29 is 0 Å². The molecule has 17 heavy (non-hydrogen) atoms. The summed E-state index contributed by atoms with van der Waals surface area (Å²) in [4.78, 5) is 0. The zero-order valence-electron chi connectivity index (χ0n) is 10.5. The molecule has 0 aliphatic carbocycles. The summed E-state index contributed by atoms with van der Waals surface area (Å²) in [6.45, 7) is 6.92. The molecule has 0 bridgehead atoms. The Morgan fingerprint density at radius 2 is 1.94 bits per heavy atom. The number of nitrogens with one attached hydrogen (secondary N) is 1. The molecular formula is C14H19N3. The number of aryl methyl sites for hydroxylation is 2. The van der Waals surface area contributed by atoms with Crippen LogP contribution in [-0.2, 0) is 19.6 Å². The van der Waals surface area contributed by atoms with Gasteiger partial charge in [0.15, 0.2) is 0 Å². The zero-order valence-corrected chi connectivity index (χ0v) is 10.5. The smallest absolute Gasteiger partial charge is 0.0551 e. The minimum atomic E-state index is 0.870. The number of nitrogens with zero attached hydrogens (tertiary/aromatic N) is 2. The van der Waals surface area contributed by atoms with E-state index in [0.717, 1.165) is 19.6 Å². The molecule has 1 aromatic heterocycles. The second kappa shape index (κ2) is 5.64. The summed E-state index contributed by atoms with van der Waals surface area (Å²) < 4.78 is 2.05. The molecule has 3 heteroatoms. The summed E-state index contributed by atoms with van der Waals surface area (Å²) in [6.07, 6.45) is 1.93. The Hall–Kier alpha value is -1.61. The Bertz CT molecular complexity index is 460. The van der Waals surface area contributed by atoms with E-state index in [2.05, 4.69) is 48.5 Å². The van der Waals surface area contributed by atoms with Crippen LogP contribution in [0.1, 0.15) is 23.7 Å². The van der Waals surface area contributed by atoms with Gasteiger partial charge >= 0.3 is 0 Å². The lowest BCUT2D eigenvalue weighted by molar-refractivity contribution is 0.580. The minimum Gasteiger partial charge on any atom is -0.307 e. The largest absolute Gasteiger partial charge is 0.307 e. The fourth-order valence-corrected chi connectivity index (χ4v) is 1.93. The lowest BCUT2D eigenvalue weighted by Gasteiger charge is -2.08. The van der Waals surface area contributed by atoms with Gasteiger partial charge in [0, 0.05) is 19.6 Å². The van der Waals surface area contributed by atoms with Gasteiger partial charge in [-0.05, 0) is 25.0 Å². The van der Waals surface area contributed by atoms with E-state index in [1.165, 1.54) is 16.8 Å². The van der Waals surface area contributed by atoms with Crippen molar-refractivity contribution in [3.8, 4) is 0 Å². The van der Waals surface area contributed by atoms with E-state index in [1.807, 2.05) is 16.9 Å². The molecule has 0 atom stereocenters. The van der Waals surface area contributed by atoms with Crippen LogP contribution in [0.5, 0.6) is 0 Å². The van der Waals surface area contributed by atoms with Crippen molar-refractivity contribution in [1.29, 1.82) is 0 Å². The average Bonchev–Trinajstić information content (AvgIpc) is 2.72. The third-order valence-corrected chi connectivity index (χ3v) is 2.92. The van der Waals surface area contributed by atoms with Crippen molar-refractivity contribution in [2.45, 2.75) is 33.5 Å². The van der Waals surface area contributed by atoms with Gasteiger partial charge in [-0.15, -0.1) is 0 Å². The van der Waals surface area contributed by atoms with Crippen LogP contribution in [0.3, 0.4) is 0 Å². The number of benzene rings is 1. The van der Waals surface area contributed by atoms with Gasteiger partial charge < -0.3 is 5.32 Å². The van der Waals surface area contributed by atoms with Crippen molar-refractivity contribution in [2.24, 2.45) is 0 Å². The fraction of sp³-hybridized carbons (Fsp3) is 0.357. The van der Waals surface area contributed by atoms with Crippen LogP contribution in [0.25, 0.3) is 0 Å². The van der Waals surface area contributed by atoms with Gasteiger partial charge in [0.05, 0.1) is 11.9 Å². The first-order valence-electron chi connectivity index (χ1n) is 6.07. The molecule has 0 aliphatic heterocycles. The first-order valence-corrected chi connectivity index (χ1v) is 6.07. The van der Waals surface area contributed by atoms with Gasteiger partial charge in [-0.3, -0.25) is 4.68 Å². The minimum absolute atomic E-state index is 0.870. The molecule has 0 saturated heterocycles. The van der Waals surface area contributed by atoms with E-state index >= 15 is 0 Å². The van der Waals surface area contributed by atoms with Gasteiger partial charge in [0.2, 0.25) is 0 Å². The standard InChI is InChI=1S/C14H19N3/c1-3-17-14(12(2)9-16-17)11-15-10-13-7-5-4-6-8-13/h4-9,15H,3,10-11H2,1-2H3. The molecule has 90 valence electrons. The van der Waals surface area contributed by atoms with E-state index in [1.54, 1.807) is 0 Å². The van der Waals surface area contributed by atoms with Crippen LogP contribution < -0.4 is 5.32 Å². The number of aromatic nitrogens is 2. The molecule has 0 aliphatic rings. The predicted octanol–water partition coefficient (Wildman–Crippen LogP) is 2.50. The Balaban J connectivity index is 1.92. The molecule has 0 fully saturated rings. The van der Waals surface area contributed by atoms with E-state index < -0.39 is 0 Å². The van der Waals surface area contributed by atoms with Gasteiger partial charge in [-0.25, -0.2) is 0 Å². The highest BCUT2D eigenvalue weighted by Gasteiger charge is 2.04. The van der Waals surface area contributed by atoms with Crippen LogP contribution in [-0.4, -0.2) is 9.78 Å². The fourth-order valence-electron chi connectivity index (χ4n) is 1.93. The molecule has 1 aromatic carbocycles. The number of rotatable bonds is 5. The molecule has 0 spiro atoms. The maximum Gasteiger partial charge on any atom is 0.0551 e. The summed E-state index contributed by atoms with van der Waals surface area (Å²) in [5, 5.41) is 7.80. The summed E-state index contributed by atoms with van der Waals surface area (Å²) in [5.74, 6) is 0. The highest BCUT2D eigenvalue weighted by Crippen LogP contribution is 2.07. The molecule has 0 radical (unpaired) electrons. The van der Waals surface area contributed by atoms with Crippen molar-refractivity contribution in [2.75, 3.05) is 0 Å². The molecule has 3 nitrogen and oxygen atoms in total. The van der Waals surface area contributed by atoms with Crippen LogP contribution in [0.4, 0.5) is 0 Å². The maximum atomic E-state index is 4.34. The summed E-state index contributed by atoms with van der Waals surface area (Å²) in [5.41, 5.74) is 3.85. The van der Waals surface area contributed by atoms with Gasteiger partial charge in [0.25, 0.3) is 0 Å². The quantitative estimate of drug-likeness (QED) is 0.853. The highest BCUT2D eigenvalue weighted by molar-refractivity contribution is 5.17. The van der Waals surface area contributed by atoms with Crippen molar-refractivity contribution in [1.82, 2.24) is 15.1 Å². The molecule has 0 unspecified atom stereocenters. The topological polar surface area (TPSA) is 29.9 Å². The van der Waals surface area contributed by atoms with Crippen molar-refractivity contribution in [3.05, 3.63) is 53.3 Å². The third-order valence-electron chi connectivity index (χ3n) is 2.92. The molecule has 1 N–H and O–H groups in total. The summed E-state index contributed by atoms with van der Waals surface area (Å²) in [7, 11) is 0. The average molecular weight is 229 g/mol. The summed E-state index contributed by atoms with van der Waals surface area (Å²) >= 11 is 0. The SMILES string of the molecule is CCn1ncc(C)c1CNCc1ccccc1. The lowest BCUT2D eigenvalue weighted by Crippen LogP contribution is -2.16. The van der Waals surface area contributed by atoms with E-state index in [0.29, 0.717) is 0 Å². The Morgan fingerprint density at radius 3 is 2.65 bits per heavy atom. The second-order valence-corrected chi connectivity index (χ2v) is 4.18. The van der Waals surface area contributed by atoms with Crippen LogP contribution in [0, 0.1) is 6.92 Å². The van der Waals surface area contributed by atoms with Crippen LogP contribution in [0.2, 0.25) is 0 Å². The maximum absolute atomic E-state index is 4.34. The lowest BCUT2D eigenvalue weighted by atomic mass is 10.2. The molecule has 0 amide bonds. The van der Waals surface area contributed by atoms with Gasteiger partial charge in [-0.1, -0.05) is 30.3 Å². The molecule has 2 rings (SSSR count). The third kappa shape index (κ3) is 2.94. The zero-order chi connectivity index (χ0) is 12.1. The molecule has 1 heterocycles. The van der Waals surface area contributed by atoms with Crippen molar-refractivity contribution in [3.63, 3.8) is 0 Å². The highest BCUT2D eigenvalue weighted by atomic mass is 15.3. The Morgan fingerprint density at radius 1 is 1.18 bits per heavy atom. The van der Waals surface area contributed by atoms with E-state index in [-0.39, 0.29) is 0 Å². The molecule has 0 saturated carbocycles. The first kappa shape index (κ1) is 11.9. The normalized spacial score (nSPS) is 10.7. The van der Waals surface area contributed by atoms with Gasteiger partial charge in [-0.2, -0.15) is 5.10 Å². The van der Waals surface area contributed by atoms with E-state index in [4.69, 9.17) is 0 Å². The first-order chi connectivity index (χ1) is 8.31. The number of hydrogen-bond donors (Lipinski definition) is 1. The second-order valence-electron chi connectivity index (χ2n) is 4.18. The van der Waals surface area contributed by atoms with E-state index in [9.17, 15) is 0 Å². The molecule has 2 aromatic rings. The monoisotopic (exact) mass is 229 g/mol. The number of hydrogen-bond acceptors (Lipinski definition) is 2. The summed E-state index contributed by atoms with van der Waals surface area (Å²) in [6, 6.07) is 10.4. The Kier molecular flexibility index (Phi) is 3.94. The Labute approximate surface area is 102 Å². The predicted molar refractivity (Wildman–Crippen MR) is 69.6 cm³/mol. The molecular weight excluding hydrogens is 210 g/mol. The van der Waals surface area contributed by atoms with Crippen LogP contribution in [0.15, 0.2) is 36.5 Å². The van der Waals surface area contributed by atoms with Gasteiger partial charge in [0.1, 0.15) is 0 Å².